The normalized spacial score (nSPS) is 16.6. The van der Waals surface area contributed by atoms with Crippen molar-refractivity contribution in [2.24, 2.45) is 0 Å². The highest BCUT2D eigenvalue weighted by atomic mass is 32.2. The van der Waals surface area contributed by atoms with Crippen LogP contribution in [0.2, 0.25) is 0 Å². The van der Waals surface area contributed by atoms with E-state index in [1.54, 1.807) is 57.4 Å². The first-order valence-corrected chi connectivity index (χ1v) is 9.72. The molecule has 7 heteroatoms. The number of aryl methyl sites for hydroxylation is 2. The zero-order valence-corrected chi connectivity index (χ0v) is 16.1. The van der Waals surface area contributed by atoms with E-state index < -0.39 is 16.1 Å². The summed E-state index contributed by atoms with van der Waals surface area (Å²) < 4.78 is 33.9. The largest absolute Gasteiger partial charge is 0.476 e. The molecule has 0 N–H and O–H groups in total. The molecule has 0 aromatic heterocycles. The Hall–Kier alpha value is -2.54. The van der Waals surface area contributed by atoms with Crippen LogP contribution < -0.4 is 9.04 Å². The van der Waals surface area contributed by atoms with Gasteiger partial charge in [0.15, 0.2) is 6.10 Å². The molecule has 6 nitrogen and oxygen atoms in total. The zero-order valence-electron chi connectivity index (χ0n) is 15.3. The van der Waals surface area contributed by atoms with Crippen LogP contribution in [0, 0.1) is 13.8 Å². The van der Waals surface area contributed by atoms with E-state index in [1.807, 2.05) is 13.0 Å². The van der Waals surface area contributed by atoms with Crippen molar-refractivity contribution < 1.29 is 17.9 Å². The maximum absolute atomic E-state index is 13.4. The number of para-hydroxylation sites is 2. The highest BCUT2D eigenvalue weighted by molar-refractivity contribution is 7.93. The number of sulfonamides is 1. The van der Waals surface area contributed by atoms with Gasteiger partial charge in [0.05, 0.1) is 17.1 Å². The summed E-state index contributed by atoms with van der Waals surface area (Å²) in [6, 6.07) is 12.2. The monoisotopic (exact) mass is 374 g/mol. The molecule has 3 rings (SSSR count). The summed E-state index contributed by atoms with van der Waals surface area (Å²) >= 11 is 0. The minimum absolute atomic E-state index is 0.0657. The summed E-state index contributed by atoms with van der Waals surface area (Å²) in [4.78, 5) is 14.1. The number of anilines is 1. The summed E-state index contributed by atoms with van der Waals surface area (Å²) in [6.45, 7) is 3.55. The minimum atomic E-state index is -3.84. The Bertz CT molecular complexity index is 954. The number of fused-ring (bicyclic) bond motifs is 1. The minimum Gasteiger partial charge on any atom is -0.476 e. The van der Waals surface area contributed by atoms with E-state index in [1.165, 1.54) is 9.21 Å². The SMILES string of the molecule is Cc1ccc(C)c(S(=O)(=O)N2C[C@H](C(=O)N(C)C)Oc3ccccc32)c1. The second kappa shape index (κ2) is 6.64. The van der Waals surface area contributed by atoms with Gasteiger partial charge in [-0.2, -0.15) is 0 Å². The van der Waals surface area contributed by atoms with E-state index in [0.29, 0.717) is 17.0 Å². The Labute approximate surface area is 154 Å². The molecule has 1 heterocycles. The molecule has 0 unspecified atom stereocenters. The smallest absolute Gasteiger partial charge is 0.265 e. The Kier molecular flexibility index (Phi) is 4.66. The van der Waals surface area contributed by atoms with Gasteiger partial charge in [-0.3, -0.25) is 9.10 Å². The molecule has 0 radical (unpaired) electrons. The topological polar surface area (TPSA) is 66.9 Å². The van der Waals surface area contributed by atoms with E-state index >= 15 is 0 Å². The van der Waals surface area contributed by atoms with Gasteiger partial charge in [-0.05, 0) is 43.2 Å². The molecule has 0 fully saturated rings. The second-order valence-corrected chi connectivity index (χ2v) is 8.44. The third kappa shape index (κ3) is 3.14. The summed E-state index contributed by atoms with van der Waals surface area (Å²) in [5.74, 6) is 0.105. The third-order valence-electron chi connectivity index (χ3n) is 4.36. The number of ether oxygens (including phenoxy) is 1. The van der Waals surface area contributed by atoms with Crippen molar-refractivity contribution in [3.05, 3.63) is 53.6 Å². The van der Waals surface area contributed by atoms with Gasteiger partial charge in [0.1, 0.15) is 5.75 Å². The van der Waals surface area contributed by atoms with E-state index in [2.05, 4.69) is 0 Å². The van der Waals surface area contributed by atoms with Crippen LogP contribution in [0.3, 0.4) is 0 Å². The summed E-state index contributed by atoms with van der Waals surface area (Å²) in [7, 11) is -0.597. The number of likely N-dealkylation sites (N-methyl/N-ethyl adjacent to an activating group) is 1. The van der Waals surface area contributed by atoms with Gasteiger partial charge >= 0.3 is 0 Å². The Morgan fingerprint density at radius 2 is 1.85 bits per heavy atom. The average molecular weight is 374 g/mol. The average Bonchev–Trinajstić information content (AvgIpc) is 2.61. The number of hydrogen-bond donors (Lipinski definition) is 0. The molecule has 138 valence electrons. The van der Waals surface area contributed by atoms with E-state index in [9.17, 15) is 13.2 Å². The first kappa shape index (κ1) is 18.3. The molecular weight excluding hydrogens is 352 g/mol. The molecule has 0 spiro atoms. The molecule has 1 atom stereocenters. The first-order chi connectivity index (χ1) is 12.2. The maximum Gasteiger partial charge on any atom is 0.265 e. The lowest BCUT2D eigenvalue weighted by molar-refractivity contribution is -0.135. The molecule has 1 amide bonds. The molecule has 26 heavy (non-hydrogen) atoms. The van der Waals surface area contributed by atoms with Crippen LogP contribution in [0.1, 0.15) is 11.1 Å². The van der Waals surface area contributed by atoms with E-state index in [0.717, 1.165) is 5.56 Å². The highest BCUT2D eigenvalue weighted by Crippen LogP contribution is 2.37. The van der Waals surface area contributed by atoms with Crippen LogP contribution in [0.5, 0.6) is 5.75 Å². The standard InChI is InChI=1S/C19H22N2O4S/c1-13-9-10-14(2)18(11-13)26(23,24)21-12-17(19(22)20(3)4)25-16-8-6-5-7-15(16)21/h5-11,17H,12H2,1-4H3/t17-/m1/s1. The number of carbonyl (C=O) groups excluding carboxylic acids is 1. The van der Waals surface area contributed by atoms with Gasteiger partial charge in [0.25, 0.3) is 15.9 Å². The lowest BCUT2D eigenvalue weighted by Crippen LogP contribution is -2.50. The van der Waals surface area contributed by atoms with E-state index in [4.69, 9.17) is 4.74 Å². The highest BCUT2D eigenvalue weighted by Gasteiger charge is 2.38. The molecule has 1 aliphatic heterocycles. The van der Waals surface area contributed by atoms with Crippen LogP contribution in [0.15, 0.2) is 47.4 Å². The van der Waals surface area contributed by atoms with Gasteiger partial charge in [0.2, 0.25) is 0 Å². The number of amides is 1. The maximum atomic E-state index is 13.4. The second-order valence-electron chi connectivity index (χ2n) is 6.61. The van der Waals surface area contributed by atoms with Crippen LogP contribution in [0.4, 0.5) is 5.69 Å². The Morgan fingerprint density at radius 1 is 1.15 bits per heavy atom. The summed E-state index contributed by atoms with van der Waals surface area (Å²) in [6.07, 6.45) is -0.889. The van der Waals surface area contributed by atoms with Crippen molar-refractivity contribution >= 4 is 21.6 Å². The van der Waals surface area contributed by atoms with Crippen LogP contribution in [-0.2, 0) is 14.8 Å². The molecular formula is C19H22N2O4S. The molecule has 0 bridgehead atoms. The molecule has 2 aromatic carbocycles. The van der Waals surface area contributed by atoms with Crippen molar-refractivity contribution in [3.63, 3.8) is 0 Å². The zero-order chi connectivity index (χ0) is 19.1. The van der Waals surface area contributed by atoms with Gasteiger partial charge in [-0.25, -0.2) is 8.42 Å². The van der Waals surface area contributed by atoms with Crippen LogP contribution in [0.25, 0.3) is 0 Å². The Morgan fingerprint density at radius 3 is 2.54 bits per heavy atom. The van der Waals surface area contributed by atoms with Crippen molar-refractivity contribution in [3.8, 4) is 5.75 Å². The summed E-state index contributed by atoms with van der Waals surface area (Å²) in [5.41, 5.74) is 1.96. The number of benzene rings is 2. The van der Waals surface area contributed by atoms with Crippen molar-refractivity contribution in [2.75, 3.05) is 24.9 Å². The molecule has 0 saturated heterocycles. The number of nitrogens with zero attached hydrogens (tertiary/aromatic N) is 2. The number of hydrogen-bond acceptors (Lipinski definition) is 4. The molecule has 0 aliphatic carbocycles. The van der Waals surface area contributed by atoms with Gasteiger partial charge < -0.3 is 9.64 Å². The number of rotatable bonds is 3. The van der Waals surface area contributed by atoms with Crippen molar-refractivity contribution in [1.82, 2.24) is 4.90 Å². The number of carbonyl (C=O) groups is 1. The third-order valence-corrected chi connectivity index (χ3v) is 6.28. The fraction of sp³-hybridized carbons (Fsp3) is 0.316. The lowest BCUT2D eigenvalue weighted by atomic mass is 10.2. The quantitative estimate of drug-likeness (QED) is 0.827. The van der Waals surface area contributed by atoms with Crippen LogP contribution in [-0.4, -0.2) is 46.0 Å². The Balaban J connectivity index is 2.12. The first-order valence-electron chi connectivity index (χ1n) is 8.28. The van der Waals surface area contributed by atoms with Gasteiger partial charge in [-0.1, -0.05) is 24.3 Å². The molecule has 2 aromatic rings. The van der Waals surface area contributed by atoms with Crippen molar-refractivity contribution in [2.45, 2.75) is 24.8 Å². The summed E-state index contributed by atoms with van der Waals surface area (Å²) in [5, 5.41) is 0. The molecule has 1 aliphatic rings. The van der Waals surface area contributed by atoms with Crippen LogP contribution >= 0.6 is 0 Å². The fourth-order valence-electron chi connectivity index (χ4n) is 2.95. The van der Waals surface area contributed by atoms with Gasteiger partial charge in [0, 0.05) is 14.1 Å². The predicted molar refractivity (Wildman–Crippen MR) is 100.0 cm³/mol. The lowest BCUT2D eigenvalue weighted by Gasteiger charge is -2.35. The molecule has 0 saturated carbocycles. The van der Waals surface area contributed by atoms with Crippen molar-refractivity contribution in [1.29, 1.82) is 0 Å². The predicted octanol–water partition coefficient (Wildman–Crippen LogP) is 2.35. The fourth-order valence-corrected chi connectivity index (χ4v) is 4.74. The van der Waals surface area contributed by atoms with E-state index in [-0.39, 0.29) is 17.3 Å². The van der Waals surface area contributed by atoms with Gasteiger partial charge in [-0.15, -0.1) is 0 Å².